The molecule has 1 saturated heterocycles. The fraction of sp³-hybridized carbons (Fsp3) is 1.00. The average Bonchev–Trinajstić information content (AvgIpc) is 2.35. The lowest BCUT2D eigenvalue weighted by Crippen LogP contribution is -2.60. The standard InChI is InChI=1S/C15H32N2O/c1-6-13-11-18-10-9-17(13)15(5,12-16)8-7-14(2,3)4/h13H,6-12,16H2,1-5H3. The van der Waals surface area contributed by atoms with Crippen LogP contribution < -0.4 is 5.73 Å². The molecule has 2 unspecified atom stereocenters. The molecule has 18 heavy (non-hydrogen) atoms. The topological polar surface area (TPSA) is 38.5 Å². The van der Waals surface area contributed by atoms with Gasteiger partial charge in [-0.1, -0.05) is 27.7 Å². The summed E-state index contributed by atoms with van der Waals surface area (Å²) >= 11 is 0. The van der Waals surface area contributed by atoms with E-state index in [1.165, 1.54) is 12.8 Å². The summed E-state index contributed by atoms with van der Waals surface area (Å²) in [4.78, 5) is 2.60. The largest absolute Gasteiger partial charge is 0.378 e. The fourth-order valence-corrected chi connectivity index (χ4v) is 2.71. The van der Waals surface area contributed by atoms with E-state index in [0.717, 1.165) is 32.7 Å². The van der Waals surface area contributed by atoms with Crippen LogP contribution in [-0.2, 0) is 4.74 Å². The highest BCUT2D eigenvalue weighted by Gasteiger charge is 2.37. The molecule has 0 saturated carbocycles. The average molecular weight is 256 g/mol. The number of morpholine rings is 1. The zero-order chi connectivity index (χ0) is 13.8. The van der Waals surface area contributed by atoms with Gasteiger partial charge >= 0.3 is 0 Å². The summed E-state index contributed by atoms with van der Waals surface area (Å²) in [6, 6.07) is 0.535. The second-order valence-electron chi connectivity index (χ2n) is 7.09. The molecule has 2 N–H and O–H groups in total. The Morgan fingerprint density at radius 1 is 1.22 bits per heavy atom. The smallest absolute Gasteiger partial charge is 0.0622 e. The Morgan fingerprint density at radius 2 is 1.89 bits per heavy atom. The van der Waals surface area contributed by atoms with E-state index in [2.05, 4.69) is 39.5 Å². The first-order chi connectivity index (χ1) is 8.32. The zero-order valence-electron chi connectivity index (χ0n) is 13.0. The molecule has 3 heteroatoms. The minimum Gasteiger partial charge on any atom is -0.378 e. The molecule has 0 aliphatic carbocycles. The molecule has 0 aromatic heterocycles. The number of rotatable bonds is 5. The van der Waals surface area contributed by atoms with E-state index < -0.39 is 0 Å². The van der Waals surface area contributed by atoms with Gasteiger partial charge in [0.1, 0.15) is 0 Å². The van der Waals surface area contributed by atoms with Crippen molar-refractivity contribution >= 4 is 0 Å². The highest BCUT2D eigenvalue weighted by Crippen LogP contribution is 2.31. The van der Waals surface area contributed by atoms with Crippen molar-refractivity contribution in [2.75, 3.05) is 26.3 Å². The molecule has 3 nitrogen and oxygen atoms in total. The third kappa shape index (κ3) is 4.22. The Bertz CT molecular complexity index is 249. The third-order valence-corrected chi connectivity index (χ3v) is 4.25. The quantitative estimate of drug-likeness (QED) is 0.822. The molecule has 0 radical (unpaired) electrons. The zero-order valence-corrected chi connectivity index (χ0v) is 13.0. The molecule has 1 fully saturated rings. The molecule has 0 spiro atoms. The van der Waals surface area contributed by atoms with Gasteiger partial charge in [-0.05, 0) is 31.6 Å². The number of ether oxygens (including phenoxy) is 1. The van der Waals surface area contributed by atoms with Crippen molar-refractivity contribution in [1.29, 1.82) is 0 Å². The van der Waals surface area contributed by atoms with Crippen LogP contribution in [-0.4, -0.2) is 42.8 Å². The number of nitrogens with zero attached hydrogens (tertiary/aromatic N) is 1. The first-order valence-corrected chi connectivity index (χ1v) is 7.37. The molecule has 1 aliphatic heterocycles. The first-order valence-electron chi connectivity index (χ1n) is 7.37. The van der Waals surface area contributed by atoms with E-state index in [0.29, 0.717) is 11.5 Å². The molecule has 1 heterocycles. The van der Waals surface area contributed by atoms with Gasteiger partial charge in [0.15, 0.2) is 0 Å². The second kappa shape index (κ2) is 6.36. The molecule has 0 amide bonds. The van der Waals surface area contributed by atoms with Gasteiger partial charge in [0.05, 0.1) is 13.2 Å². The SMILES string of the molecule is CCC1COCCN1C(C)(CN)CCC(C)(C)C. The Hall–Kier alpha value is -0.120. The Morgan fingerprint density at radius 3 is 2.39 bits per heavy atom. The van der Waals surface area contributed by atoms with Crippen molar-refractivity contribution in [3.8, 4) is 0 Å². The maximum atomic E-state index is 6.10. The van der Waals surface area contributed by atoms with Crippen LogP contribution in [0.4, 0.5) is 0 Å². The summed E-state index contributed by atoms with van der Waals surface area (Å²) in [6.07, 6.45) is 3.53. The molecule has 108 valence electrons. The third-order valence-electron chi connectivity index (χ3n) is 4.25. The van der Waals surface area contributed by atoms with Crippen LogP contribution in [0.25, 0.3) is 0 Å². The number of hydrogen-bond donors (Lipinski definition) is 1. The van der Waals surface area contributed by atoms with E-state index in [1.807, 2.05) is 0 Å². The molecule has 0 aromatic rings. The highest BCUT2D eigenvalue weighted by atomic mass is 16.5. The lowest BCUT2D eigenvalue weighted by molar-refractivity contribution is -0.0632. The summed E-state index contributed by atoms with van der Waals surface area (Å²) in [5.74, 6) is 0. The van der Waals surface area contributed by atoms with E-state index >= 15 is 0 Å². The van der Waals surface area contributed by atoms with Gasteiger partial charge in [-0.25, -0.2) is 0 Å². The lowest BCUT2D eigenvalue weighted by atomic mass is 9.82. The minimum atomic E-state index is 0.123. The maximum absolute atomic E-state index is 6.10. The summed E-state index contributed by atoms with van der Waals surface area (Å²) in [5.41, 5.74) is 6.60. The van der Waals surface area contributed by atoms with Gasteiger partial charge in [-0.15, -0.1) is 0 Å². The van der Waals surface area contributed by atoms with Gasteiger partial charge in [-0.2, -0.15) is 0 Å². The summed E-state index contributed by atoms with van der Waals surface area (Å²) < 4.78 is 5.61. The lowest BCUT2D eigenvalue weighted by Gasteiger charge is -2.48. The van der Waals surface area contributed by atoms with Crippen molar-refractivity contribution in [3.63, 3.8) is 0 Å². The van der Waals surface area contributed by atoms with Crippen LogP contribution in [0.2, 0.25) is 0 Å². The fourth-order valence-electron chi connectivity index (χ4n) is 2.71. The Balaban J connectivity index is 2.71. The summed E-state index contributed by atoms with van der Waals surface area (Å²) in [6.45, 7) is 15.0. The maximum Gasteiger partial charge on any atom is 0.0622 e. The molecule has 0 bridgehead atoms. The molecule has 2 atom stereocenters. The van der Waals surface area contributed by atoms with Crippen LogP contribution >= 0.6 is 0 Å². The van der Waals surface area contributed by atoms with Gasteiger partial charge < -0.3 is 10.5 Å². The second-order valence-corrected chi connectivity index (χ2v) is 7.09. The minimum absolute atomic E-state index is 0.123. The van der Waals surface area contributed by atoms with Gasteiger partial charge in [-0.3, -0.25) is 4.90 Å². The number of hydrogen-bond acceptors (Lipinski definition) is 3. The molecule has 1 rings (SSSR count). The predicted molar refractivity (Wildman–Crippen MR) is 77.8 cm³/mol. The Kier molecular flexibility index (Phi) is 5.63. The normalized spacial score (nSPS) is 26.0. The van der Waals surface area contributed by atoms with Crippen LogP contribution in [0.1, 0.15) is 53.9 Å². The van der Waals surface area contributed by atoms with Gasteiger partial charge in [0.25, 0.3) is 0 Å². The van der Waals surface area contributed by atoms with Crippen LogP contribution in [0.15, 0.2) is 0 Å². The van der Waals surface area contributed by atoms with E-state index in [-0.39, 0.29) is 5.54 Å². The summed E-state index contributed by atoms with van der Waals surface area (Å²) in [5, 5.41) is 0. The predicted octanol–water partition coefficient (Wildman–Crippen LogP) is 2.64. The molecular weight excluding hydrogens is 224 g/mol. The van der Waals surface area contributed by atoms with Crippen LogP contribution in [0.3, 0.4) is 0 Å². The monoisotopic (exact) mass is 256 g/mol. The number of nitrogens with two attached hydrogens (primary N) is 1. The van der Waals surface area contributed by atoms with Crippen LogP contribution in [0.5, 0.6) is 0 Å². The van der Waals surface area contributed by atoms with Crippen molar-refractivity contribution in [2.24, 2.45) is 11.1 Å². The van der Waals surface area contributed by atoms with E-state index in [9.17, 15) is 0 Å². The van der Waals surface area contributed by atoms with Crippen molar-refractivity contribution in [2.45, 2.75) is 65.5 Å². The summed E-state index contributed by atoms with van der Waals surface area (Å²) in [7, 11) is 0. The van der Waals surface area contributed by atoms with E-state index in [4.69, 9.17) is 10.5 Å². The molecule has 0 aromatic carbocycles. The first kappa shape index (κ1) is 15.9. The Labute approximate surface area is 113 Å². The highest BCUT2D eigenvalue weighted by molar-refractivity contribution is 4.93. The molecule has 1 aliphatic rings. The van der Waals surface area contributed by atoms with Crippen molar-refractivity contribution in [3.05, 3.63) is 0 Å². The van der Waals surface area contributed by atoms with E-state index in [1.54, 1.807) is 0 Å². The van der Waals surface area contributed by atoms with Crippen molar-refractivity contribution in [1.82, 2.24) is 4.90 Å². The van der Waals surface area contributed by atoms with Gasteiger partial charge in [0, 0.05) is 24.7 Å². The molecular formula is C15H32N2O. The van der Waals surface area contributed by atoms with Crippen LogP contribution in [0, 0.1) is 5.41 Å². The van der Waals surface area contributed by atoms with Gasteiger partial charge in [0.2, 0.25) is 0 Å². The van der Waals surface area contributed by atoms with Crippen molar-refractivity contribution < 1.29 is 4.74 Å².